The van der Waals surface area contributed by atoms with Crippen molar-refractivity contribution < 1.29 is 5.76 Å². The molecule has 1 aliphatic carbocycles. The lowest BCUT2D eigenvalue weighted by atomic mass is 9.99. The molecule has 1 saturated carbocycles. The number of hydrazine groups is 2. The number of fused-ring (bicyclic) bond motifs is 1. The molecule has 3 aromatic carbocycles. The zero-order valence-electron chi connectivity index (χ0n) is 24.1. The van der Waals surface area contributed by atoms with Crippen molar-refractivity contribution in [3.8, 4) is 18.2 Å². The highest BCUT2D eigenvalue weighted by Crippen LogP contribution is 2.36. The van der Waals surface area contributed by atoms with Gasteiger partial charge >= 0.3 is 0 Å². The van der Waals surface area contributed by atoms with Gasteiger partial charge < -0.3 is 16.1 Å². The topological polar surface area (TPSA) is 136 Å². The number of halogens is 1. The number of nitrogens with one attached hydrogen (secondary N) is 4. The molecule has 1 aromatic heterocycles. The highest BCUT2D eigenvalue weighted by Gasteiger charge is 2.32. The molecule has 1 aliphatic heterocycles. The summed E-state index contributed by atoms with van der Waals surface area (Å²) in [6, 6.07) is 24.0. The third-order valence-electron chi connectivity index (χ3n) is 7.46. The van der Waals surface area contributed by atoms with E-state index < -0.39 is 11.8 Å². The third kappa shape index (κ3) is 5.90. The number of anilines is 2. The van der Waals surface area contributed by atoms with Crippen molar-refractivity contribution in [1.82, 2.24) is 21.0 Å². The standard InChI is InChI=1S/C33H28FN9/c34-28-16-25(39-32(23-9-4-6-21(14-23)17-36)30-20-43(42-41-30)26-11-12-26)15-27-31(24(18-37)19-38-33(27)28)40-29(10-5-13-35)22-7-2-1-3-8-22/h1-4,6-9,14-16,19-20,26,29,32,39,41-42H,5,10-12H2,(H,38,40)/i32D. The van der Waals surface area contributed by atoms with Crippen molar-refractivity contribution in [3.63, 3.8) is 0 Å². The number of nitrogens with zero attached hydrogens (tertiary/aromatic N) is 5. The van der Waals surface area contributed by atoms with Crippen LogP contribution in [0.5, 0.6) is 0 Å². The minimum absolute atomic E-state index is 0.0611. The van der Waals surface area contributed by atoms with Crippen LogP contribution in [0, 0.1) is 39.8 Å². The lowest BCUT2D eigenvalue weighted by molar-refractivity contribution is 0.260. The van der Waals surface area contributed by atoms with Crippen LogP contribution in [0.1, 0.15) is 61.4 Å². The lowest BCUT2D eigenvalue weighted by Gasteiger charge is -2.24. The van der Waals surface area contributed by atoms with Gasteiger partial charge in [0.05, 0.1) is 48.1 Å². The van der Waals surface area contributed by atoms with Crippen LogP contribution in [0.25, 0.3) is 10.9 Å². The fourth-order valence-electron chi connectivity index (χ4n) is 5.15. The summed E-state index contributed by atoms with van der Waals surface area (Å²) >= 11 is 0. The molecule has 43 heavy (non-hydrogen) atoms. The van der Waals surface area contributed by atoms with Gasteiger partial charge in [0.2, 0.25) is 0 Å². The average molecular weight is 571 g/mol. The summed E-state index contributed by atoms with van der Waals surface area (Å²) < 4.78 is 25.4. The first-order chi connectivity index (χ1) is 21.4. The quantitative estimate of drug-likeness (QED) is 0.179. The summed E-state index contributed by atoms with van der Waals surface area (Å²) in [4.78, 5) is 4.25. The van der Waals surface area contributed by atoms with Gasteiger partial charge in [-0.05, 0) is 54.7 Å². The molecule has 4 aromatic rings. The van der Waals surface area contributed by atoms with Gasteiger partial charge in [-0.3, -0.25) is 9.99 Å². The van der Waals surface area contributed by atoms with Crippen LogP contribution in [0.4, 0.5) is 15.8 Å². The van der Waals surface area contributed by atoms with E-state index in [1.807, 2.05) is 41.5 Å². The zero-order valence-corrected chi connectivity index (χ0v) is 23.1. The van der Waals surface area contributed by atoms with Crippen molar-refractivity contribution >= 4 is 22.3 Å². The Bertz CT molecular complexity index is 1870. The molecule has 0 amide bonds. The smallest absolute Gasteiger partial charge is 0.151 e. The minimum atomic E-state index is -1.66. The van der Waals surface area contributed by atoms with Gasteiger partial charge in [0.15, 0.2) is 5.82 Å². The maximum atomic E-state index is 15.8. The Morgan fingerprint density at radius 3 is 2.58 bits per heavy atom. The molecule has 10 heteroatoms. The Labute approximate surface area is 250 Å². The predicted octanol–water partition coefficient (Wildman–Crippen LogP) is 6.06. The number of aromatic nitrogens is 1. The molecule has 9 nitrogen and oxygen atoms in total. The number of rotatable bonds is 10. The second-order valence-corrected chi connectivity index (χ2v) is 10.4. The summed E-state index contributed by atoms with van der Waals surface area (Å²) in [5, 5.41) is 37.7. The van der Waals surface area contributed by atoms with E-state index in [1.165, 1.54) is 12.3 Å². The van der Waals surface area contributed by atoms with E-state index in [1.54, 1.807) is 30.3 Å². The zero-order chi connectivity index (χ0) is 30.7. The average Bonchev–Trinajstić information content (AvgIpc) is 3.78. The summed E-state index contributed by atoms with van der Waals surface area (Å²) in [7, 11) is 0. The Kier molecular flexibility index (Phi) is 7.38. The van der Waals surface area contributed by atoms with E-state index in [4.69, 9.17) is 0 Å². The summed E-state index contributed by atoms with van der Waals surface area (Å²) in [6.45, 7) is 0. The molecular formula is C33H28FN9. The van der Waals surface area contributed by atoms with E-state index in [9.17, 15) is 17.2 Å². The Balaban J connectivity index is 1.45. The van der Waals surface area contributed by atoms with Gasteiger partial charge in [0.1, 0.15) is 11.6 Å². The number of hydrogen-bond donors (Lipinski definition) is 4. The van der Waals surface area contributed by atoms with Crippen molar-refractivity contribution in [3.05, 3.63) is 113 Å². The van der Waals surface area contributed by atoms with Gasteiger partial charge in [-0.1, -0.05) is 42.5 Å². The van der Waals surface area contributed by atoms with Gasteiger partial charge in [-0.25, -0.2) is 4.39 Å². The molecule has 2 aliphatic rings. The number of hydrogen-bond acceptors (Lipinski definition) is 9. The van der Waals surface area contributed by atoms with Gasteiger partial charge in [-0.2, -0.15) is 15.8 Å². The minimum Gasteiger partial charge on any atom is -0.377 e. The second-order valence-electron chi connectivity index (χ2n) is 10.4. The molecule has 2 unspecified atom stereocenters. The number of pyridine rings is 1. The first-order valence-electron chi connectivity index (χ1n) is 14.5. The van der Waals surface area contributed by atoms with Crippen LogP contribution in [0.2, 0.25) is 0 Å². The Hall–Kier alpha value is -5.63. The third-order valence-corrected chi connectivity index (χ3v) is 7.46. The van der Waals surface area contributed by atoms with Crippen molar-refractivity contribution in [1.29, 1.82) is 15.8 Å². The van der Waals surface area contributed by atoms with Crippen LogP contribution >= 0.6 is 0 Å². The molecule has 212 valence electrons. The van der Waals surface area contributed by atoms with E-state index >= 15 is 4.39 Å². The van der Waals surface area contributed by atoms with Crippen LogP contribution < -0.4 is 21.6 Å². The normalized spacial score (nSPS) is 16.5. The van der Waals surface area contributed by atoms with E-state index in [2.05, 4.69) is 44.8 Å². The Morgan fingerprint density at radius 2 is 1.84 bits per heavy atom. The summed E-state index contributed by atoms with van der Waals surface area (Å²) in [5.74, 6) is -0.634. The van der Waals surface area contributed by atoms with Crippen LogP contribution in [0.15, 0.2) is 84.8 Å². The molecule has 0 spiro atoms. The molecule has 2 atom stereocenters. The van der Waals surface area contributed by atoms with Gasteiger partial charge in [0.25, 0.3) is 0 Å². The van der Waals surface area contributed by atoms with E-state index in [0.717, 1.165) is 18.4 Å². The van der Waals surface area contributed by atoms with Crippen molar-refractivity contribution in [2.45, 2.75) is 43.8 Å². The van der Waals surface area contributed by atoms with Crippen molar-refractivity contribution in [2.75, 3.05) is 10.6 Å². The lowest BCUT2D eigenvalue weighted by Crippen LogP contribution is -2.38. The SMILES string of the molecule is [2H]C(Nc1cc(F)c2ncc(C#N)c(NC(CCC#N)c3ccccc3)c2c1)(C1=CN(C2CC2)NN1)c1cccc(C#N)c1. The molecule has 1 fully saturated rings. The molecule has 0 bridgehead atoms. The predicted molar refractivity (Wildman–Crippen MR) is 161 cm³/mol. The van der Waals surface area contributed by atoms with E-state index in [0.29, 0.717) is 40.4 Å². The van der Waals surface area contributed by atoms with Crippen LogP contribution in [-0.2, 0) is 0 Å². The fourth-order valence-corrected chi connectivity index (χ4v) is 5.15. The molecule has 0 saturated heterocycles. The number of benzene rings is 3. The molecule has 2 heterocycles. The molecule has 6 rings (SSSR count). The summed E-state index contributed by atoms with van der Waals surface area (Å²) in [5.41, 5.74) is 9.34. The first kappa shape index (κ1) is 26.3. The van der Waals surface area contributed by atoms with E-state index in [-0.39, 0.29) is 29.2 Å². The summed E-state index contributed by atoms with van der Waals surface area (Å²) in [6.07, 6.45) is 5.94. The van der Waals surface area contributed by atoms with Gasteiger partial charge in [0, 0.05) is 35.9 Å². The monoisotopic (exact) mass is 570 g/mol. The van der Waals surface area contributed by atoms with Crippen LogP contribution in [0.3, 0.4) is 0 Å². The fraction of sp³-hybridized carbons (Fsp3) is 0.212. The molecule has 0 radical (unpaired) electrons. The maximum absolute atomic E-state index is 15.8. The highest BCUT2D eigenvalue weighted by molar-refractivity contribution is 5.96. The Morgan fingerprint density at radius 1 is 1.02 bits per heavy atom. The largest absolute Gasteiger partial charge is 0.377 e. The highest BCUT2D eigenvalue weighted by atomic mass is 19.1. The second kappa shape index (κ2) is 12.1. The molecule has 4 N–H and O–H groups in total. The van der Waals surface area contributed by atoms with Crippen LogP contribution in [-0.4, -0.2) is 16.0 Å². The van der Waals surface area contributed by atoms with Gasteiger partial charge in [-0.15, -0.1) is 5.53 Å². The maximum Gasteiger partial charge on any atom is 0.151 e. The van der Waals surface area contributed by atoms with Crippen molar-refractivity contribution in [2.24, 2.45) is 0 Å². The first-order valence-corrected chi connectivity index (χ1v) is 14.0. The molecular weight excluding hydrogens is 541 g/mol. The number of nitriles is 3.